The number of carbonyl (C=O) groups is 1. The number of halogens is 5. The van der Waals surface area contributed by atoms with Gasteiger partial charge in [-0.25, -0.2) is 22.0 Å². The Labute approximate surface area is 117 Å². The Hall–Kier alpha value is -1.70. The maximum absolute atomic E-state index is 13.9. The molecule has 1 aromatic carbocycles. The molecule has 0 aliphatic carbocycles. The van der Waals surface area contributed by atoms with Crippen molar-refractivity contribution < 1.29 is 26.7 Å². The minimum atomic E-state index is -2.89. The van der Waals surface area contributed by atoms with Crippen molar-refractivity contribution >= 4 is 5.91 Å². The summed E-state index contributed by atoms with van der Waals surface area (Å²) in [6.07, 6.45) is -1.90. The molecule has 1 aliphatic rings. The first-order valence-corrected chi connectivity index (χ1v) is 6.19. The molecule has 1 heterocycles. The van der Waals surface area contributed by atoms with E-state index in [1.807, 2.05) is 0 Å². The van der Waals surface area contributed by atoms with E-state index < -0.39 is 49.4 Å². The van der Waals surface area contributed by atoms with Crippen LogP contribution < -0.4 is 5.32 Å². The number of alkyl halides is 3. The van der Waals surface area contributed by atoms with Crippen LogP contribution in [0.1, 0.15) is 17.4 Å². The largest absolute Gasteiger partial charge is 0.329 e. The van der Waals surface area contributed by atoms with Gasteiger partial charge in [-0.3, -0.25) is 10.1 Å². The number of benzene rings is 1. The molecule has 0 aromatic heterocycles. The van der Waals surface area contributed by atoms with Crippen LogP contribution in [0, 0.1) is 18.6 Å². The van der Waals surface area contributed by atoms with E-state index in [-0.39, 0.29) is 11.1 Å². The molecule has 3 nitrogen and oxygen atoms in total. The van der Waals surface area contributed by atoms with Crippen LogP contribution in [-0.2, 0) is 4.79 Å². The third-order valence-corrected chi connectivity index (χ3v) is 3.28. The van der Waals surface area contributed by atoms with Gasteiger partial charge in [-0.1, -0.05) is 6.07 Å². The molecular formula is C13H13F5N2O. The lowest BCUT2D eigenvalue weighted by molar-refractivity contribution is -0.165. The van der Waals surface area contributed by atoms with Crippen molar-refractivity contribution in [2.24, 2.45) is 0 Å². The summed E-state index contributed by atoms with van der Waals surface area (Å²) in [6.45, 7) is -0.668. The first-order valence-electron chi connectivity index (χ1n) is 6.19. The molecule has 1 amide bonds. The average molecular weight is 308 g/mol. The number of likely N-dealkylation sites (tertiary alicyclic amines) is 1. The Bertz CT molecular complexity index is 556. The number of hydrogen-bond acceptors (Lipinski definition) is 2. The zero-order valence-electron chi connectivity index (χ0n) is 11.1. The van der Waals surface area contributed by atoms with Crippen molar-refractivity contribution in [2.75, 3.05) is 19.6 Å². The van der Waals surface area contributed by atoms with Gasteiger partial charge in [0, 0.05) is 5.56 Å². The Morgan fingerprint density at radius 1 is 1.38 bits per heavy atom. The van der Waals surface area contributed by atoms with Gasteiger partial charge in [0.15, 0.2) is 17.9 Å². The molecule has 1 aliphatic heterocycles. The Balaban J connectivity index is 1.92. The first-order chi connectivity index (χ1) is 9.71. The molecule has 0 bridgehead atoms. The van der Waals surface area contributed by atoms with E-state index in [4.69, 9.17) is 0 Å². The minimum absolute atomic E-state index is 0.143. The summed E-state index contributed by atoms with van der Waals surface area (Å²) in [5.74, 6) is -5.82. The number of nitrogens with zero attached hydrogens (tertiary/aromatic N) is 1. The van der Waals surface area contributed by atoms with Crippen LogP contribution in [0.2, 0.25) is 0 Å². The number of amides is 1. The van der Waals surface area contributed by atoms with E-state index in [1.54, 1.807) is 0 Å². The second-order valence-electron chi connectivity index (χ2n) is 4.92. The number of rotatable bonds is 4. The van der Waals surface area contributed by atoms with E-state index in [1.165, 1.54) is 6.92 Å². The Morgan fingerprint density at radius 3 is 2.57 bits per heavy atom. The predicted molar refractivity (Wildman–Crippen MR) is 64.5 cm³/mol. The standard InChI is InChI=1S/C13H13F5N2O/c1-7-8(2-3-9(14)11(7)15)12(16)19-4-10(21)20-5-13(17,18)6-20/h2-3,12,19H,4-6H2,1H3. The number of carbonyl (C=O) groups excluding carboxylic acids is 1. The number of nitrogens with one attached hydrogen (secondary N) is 1. The lowest BCUT2D eigenvalue weighted by Gasteiger charge is -2.38. The van der Waals surface area contributed by atoms with Gasteiger partial charge < -0.3 is 4.90 Å². The minimum Gasteiger partial charge on any atom is -0.329 e. The van der Waals surface area contributed by atoms with Crippen molar-refractivity contribution in [1.82, 2.24) is 10.2 Å². The maximum Gasteiger partial charge on any atom is 0.282 e. The predicted octanol–water partition coefficient (Wildman–Crippen LogP) is 2.31. The quantitative estimate of drug-likeness (QED) is 0.684. The summed E-state index contributed by atoms with van der Waals surface area (Å²) in [6, 6.07) is 1.84. The Morgan fingerprint density at radius 2 is 2.00 bits per heavy atom. The fourth-order valence-corrected chi connectivity index (χ4v) is 2.03. The van der Waals surface area contributed by atoms with Crippen LogP contribution in [0.25, 0.3) is 0 Å². The van der Waals surface area contributed by atoms with Gasteiger partial charge in [0.25, 0.3) is 5.92 Å². The fourth-order valence-electron chi connectivity index (χ4n) is 2.03. The second-order valence-corrected chi connectivity index (χ2v) is 4.92. The molecule has 8 heteroatoms. The molecule has 1 aromatic rings. The molecule has 1 atom stereocenters. The van der Waals surface area contributed by atoms with Crippen molar-refractivity contribution in [2.45, 2.75) is 19.1 Å². The molecule has 1 N–H and O–H groups in total. The highest BCUT2D eigenvalue weighted by molar-refractivity contribution is 5.79. The summed E-state index contributed by atoms with van der Waals surface area (Å²) in [5.41, 5.74) is -0.353. The zero-order valence-corrected chi connectivity index (χ0v) is 11.1. The lowest BCUT2D eigenvalue weighted by Crippen LogP contribution is -2.60. The van der Waals surface area contributed by atoms with Gasteiger partial charge in [-0.15, -0.1) is 0 Å². The third kappa shape index (κ3) is 3.31. The highest BCUT2D eigenvalue weighted by Gasteiger charge is 2.46. The monoisotopic (exact) mass is 308 g/mol. The van der Waals surface area contributed by atoms with Gasteiger partial charge in [-0.05, 0) is 18.6 Å². The van der Waals surface area contributed by atoms with Crippen LogP contribution in [0.5, 0.6) is 0 Å². The summed E-state index contributed by atoms with van der Waals surface area (Å²) in [7, 11) is 0. The van der Waals surface area contributed by atoms with Gasteiger partial charge in [-0.2, -0.15) is 0 Å². The van der Waals surface area contributed by atoms with Gasteiger partial charge in [0.2, 0.25) is 5.91 Å². The Kier molecular flexibility index (Phi) is 4.18. The van der Waals surface area contributed by atoms with Crippen molar-refractivity contribution in [1.29, 1.82) is 0 Å². The highest BCUT2D eigenvalue weighted by atomic mass is 19.3. The molecule has 21 heavy (non-hydrogen) atoms. The number of hydrogen-bond donors (Lipinski definition) is 1. The van der Waals surface area contributed by atoms with Gasteiger partial charge in [0.05, 0.1) is 19.6 Å². The van der Waals surface area contributed by atoms with Crippen molar-refractivity contribution in [3.8, 4) is 0 Å². The molecule has 116 valence electrons. The average Bonchev–Trinajstić information content (AvgIpc) is 2.39. The third-order valence-electron chi connectivity index (χ3n) is 3.28. The van der Waals surface area contributed by atoms with E-state index >= 15 is 0 Å². The van der Waals surface area contributed by atoms with E-state index in [2.05, 4.69) is 5.32 Å². The SMILES string of the molecule is Cc1c(C(F)NCC(=O)N2CC(F)(F)C2)ccc(F)c1F. The highest BCUT2D eigenvalue weighted by Crippen LogP contribution is 2.27. The van der Waals surface area contributed by atoms with E-state index in [9.17, 15) is 26.7 Å². The van der Waals surface area contributed by atoms with Crippen LogP contribution >= 0.6 is 0 Å². The maximum atomic E-state index is 13.9. The van der Waals surface area contributed by atoms with E-state index in [0.29, 0.717) is 0 Å². The second kappa shape index (κ2) is 5.59. The summed E-state index contributed by atoms with van der Waals surface area (Å²) >= 11 is 0. The molecular weight excluding hydrogens is 295 g/mol. The molecule has 0 saturated carbocycles. The molecule has 0 radical (unpaired) electrons. The molecule has 1 fully saturated rings. The smallest absolute Gasteiger partial charge is 0.282 e. The molecule has 1 unspecified atom stereocenters. The van der Waals surface area contributed by atoms with Crippen molar-refractivity contribution in [3.05, 3.63) is 34.9 Å². The normalized spacial score (nSPS) is 18.3. The molecule has 0 spiro atoms. The van der Waals surface area contributed by atoms with Crippen molar-refractivity contribution in [3.63, 3.8) is 0 Å². The fraction of sp³-hybridized carbons (Fsp3) is 0.462. The lowest BCUT2D eigenvalue weighted by atomic mass is 10.1. The van der Waals surface area contributed by atoms with Crippen LogP contribution in [0.15, 0.2) is 12.1 Å². The summed E-state index contributed by atoms with van der Waals surface area (Å²) < 4.78 is 65.3. The molecule has 2 rings (SSSR count). The van der Waals surface area contributed by atoms with Crippen LogP contribution in [0.4, 0.5) is 22.0 Å². The zero-order chi connectivity index (χ0) is 15.8. The molecule has 1 saturated heterocycles. The van der Waals surface area contributed by atoms with Gasteiger partial charge >= 0.3 is 0 Å². The van der Waals surface area contributed by atoms with Gasteiger partial charge in [0.1, 0.15) is 0 Å². The summed E-state index contributed by atoms with van der Waals surface area (Å²) in [5, 5.41) is 2.17. The summed E-state index contributed by atoms with van der Waals surface area (Å²) in [4.78, 5) is 12.4. The van der Waals surface area contributed by atoms with E-state index in [0.717, 1.165) is 17.0 Å². The van der Waals surface area contributed by atoms with Crippen LogP contribution in [0.3, 0.4) is 0 Å². The van der Waals surface area contributed by atoms with Crippen LogP contribution in [-0.4, -0.2) is 36.4 Å². The first kappa shape index (κ1) is 15.7. The topological polar surface area (TPSA) is 32.3 Å².